The second kappa shape index (κ2) is 7.31. The predicted molar refractivity (Wildman–Crippen MR) is 95.9 cm³/mol. The van der Waals surface area contributed by atoms with Crippen LogP contribution in [0.1, 0.15) is 24.1 Å². The van der Waals surface area contributed by atoms with Gasteiger partial charge in [-0.25, -0.2) is 9.48 Å². The third-order valence-corrected chi connectivity index (χ3v) is 4.13. The van der Waals surface area contributed by atoms with E-state index in [-0.39, 0.29) is 12.1 Å². The average molecular weight is 357 g/mol. The molecule has 8 heteroatoms. The van der Waals surface area contributed by atoms with Gasteiger partial charge in [-0.05, 0) is 53.6 Å². The van der Waals surface area contributed by atoms with E-state index in [0.717, 1.165) is 16.8 Å². The molecule has 0 radical (unpaired) electrons. The van der Waals surface area contributed by atoms with E-state index in [1.165, 1.54) is 6.33 Å². The maximum atomic E-state index is 12.3. The van der Waals surface area contributed by atoms with Crippen LogP contribution in [0.3, 0.4) is 0 Å². The molecule has 3 rings (SSSR count). The van der Waals surface area contributed by atoms with Crippen LogP contribution in [0.2, 0.25) is 5.02 Å². The summed E-state index contributed by atoms with van der Waals surface area (Å²) >= 11 is 6.16. The number of benzene rings is 2. The molecule has 0 bridgehead atoms. The summed E-state index contributed by atoms with van der Waals surface area (Å²) in [4.78, 5) is 12.3. The van der Waals surface area contributed by atoms with Crippen molar-refractivity contribution in [1.29, 1.82) is 0 Å². The summed E-state index contributed by atoms with van der Waals surface area (Å²) in [6.07, 6.45) is 1.51. The highest BCUT2D eigenvalue weighted by atomic mass is 35.5. The lowest BCUT2D eigenvalue weighted by Crippen LogP contribution is -2.31. The van der Waals surface area contributed by atoms with Crippen LogP contribution >= 0.6 is 11.6 Å². The lowest BCUT2D eigenvalue weighted by atomic mass is 10.1. The molecular weight excluding hydrogens is 340 g/mol. The van der Waals surface area contributed by atoms with Gasteiger partial charge in [-0.1, -0.05) is 35.9 Å². The van der Waals surface area contributed by atoms with Crippen molar-refractivity contribution in [1.82, 2.24) is 25.5 Å². The topological polar surface area (TPSA) is 84.7 Å². The molecule has 2 aromatic carbocycles. The van der Waals surface area contributed by atoms with Crippen molar-refractivity contribution in [3.05, 3.63) is 64.9 Å². The highest BCUT2D eigenvalue weighted by Crippen LogP contribution is 2.22. The van der Waals surface area contributed by atoms with Crippen molar-refractivity contribution in [3.63, 3.8) is 0 Å². The number of hydrogen-bond donors (Lipinski definition) is 2. The molecule has 25 heavy (non-hydrogen) atoms. The van der Waals surface area contributed by atoms with Gasteiger partial charge in [0, 0.05) is 10.7 Å². The number of carbonyl (C=O) groups excluding carboxylic acids is 1. The Balaban J connectivity index is 1.71. The number of aryl methyl sites for hydroxylation is 1. The van der Waals surface area contributed by atoms with Crippen LogP contribution in [-0.4, -0.2) is 26.2 Å². The van der Waals surface area contributed by atoms with Crippen LogP contribution in [0.5, 0.6) is 0 Å². The molecule has 0 fully saturated rings. The standard InChI is InChI=1S/C17H17ClN6O/c1-11-7-8-13(9-16(11)24-10-19-22-23-24)21-17(25)20-12(2)14-5-3-4-6-15(14)18/h3-10,12H,1-2H3,(H2,20,21,25)/t12-/m1/s1. The molecular formula is C17H17ClN6O. The summed E-state index contributed by atoms with van der Waals surface area (Å²) in [7, 11) is 0. The number of hydrogen-bond acceptors (Lipinski definition) is 4. The molecule has 1 heterocycles. The largest absolute Gasteiger partial charge is 0.331 e. The predicted octanol–water partition coefficient (Wildman–Crippen LogP) is 3.51. The van der Waals surface area contributed by atoms with Gasteiger partial charge in [0.25, 0.3) is 0 Å². The molecule has 2 N–H and O–H groups in total. The number of anilines is 1. The molecule has 1 atom stereocenters. The highest BCUT2D eigenvalue weighted by molar-refractivity contribution is 6.31. The first kappa shape index (κ1) is 16.9. The molecule has 0 aliphatic heterocycles. The monoisotopic (exact) mass is 356 g/mol. The van der Waals surface area contributed by atoms with Crippen molar-refractivity contribution in [2.75, 3.05) is 5.32 Å². The minimum atomic E-state index is -0.320. The fourth-order valence-electron chi connectivity index (χ4n) is 2.47. The quantitative estimate of drug-likeness (QED) is 0.749. The maximum Gasteiger partial charge on any atom is 0.319 e. The summed E-state index contributed by atoms with van der Waals surface area (Å²) in [5, 5.41) is 17.4. The van der Waals surface area contributed by atoms with Crippen LogP contribution in [-0.2, 0) is 0 Å². The first-order chi connectivity index (χ1) is 12.0. The average Bonchev–Trinajstić information content (AvgIpc) is 3.11. The van der Waals surface area contributed by atoms with Gasteiger partial charge >= 0.3 is 6.03 Å². The van der Waals surface area contributed by atoms with E-state index in [2.05, 4.69) is 26.2 Å². The van der Waals surface area contributed by atoms with Gasteiger partial charge in [0.05, 0.1) is 11.7 Å². The normalized spacial score (nSPS) is 11.8. The SMILES string of the molecule is Cc1ccc(NC(=O)N[C@H](C)c2ccccc2Cl)cc1-n1cnnn1. The number of amides is 2. The molecule has 0 saturated carbocycles. The maximum absolute atomic E-state index is 12.3. The lowest BCUT2D eigenvalue weighted by molar-refractivity contribution is 0.249. The summed E-state index contributed by atoms with van der Waals surface area (Å²) in [6, 6.07) is 12.4. The molecule has 3 aromatic rings. The molecule has 0 aliphatic rings. The van der Waals surface area contributed by atoms with E-state index in [0.29, 0.717) is 10.7 Å². The lowest BCUT2D eigenvalue weighted by Gasteiger charge is -2.16. The van der Waals surface area contributed by atoms with Gasteiger partial charge in [0.15, 0.2) is 0 Å². The second-order valence-corrected chi connectivity index (χ2v) is 6.00. The molecule has 2 amide bonds. The zero-order valence-corrected chi connectivity index (χ0v) is 14.5. The van der Waals surface area contributed by atoms with Crippen molar-refractivity contribution in [3.8, 4) is 5.69 Å². The molecule has 128 valence electrons. The Kier molecular flexibility index (Phi) is 4.95. The number of carbonyl (C=O) groups is 1. The van der Waals surface area contributed by atoms with Crippen molar-refractivity contribution < 1.29 is 4.79 Å². The Hall–Kier alpha value is -2.93. The third kappa shape index (κ3) is 3.95. The van der Waals surface area contributed by atoms with E-state index in [4.69, 9.17) is 11.6 Å². The molecule has 1 aromatic heterocycles. The number of urea groups is 1. The number of tetrazole rings is 1. The van der Waals surface area contributed by atoms with Gasteiger partial charge in [0.1, 0.15) is 6.33 Å². The smallest absolute Gasteiger partial charge is 0.319 e. The fourth-order valence-corrected chi connectivity index (χ4v) is 2.77. The van der Waals surface area contributed by atoms with E-state index in [1.807, 2.05) is 50.2 Å². The molecule has 0 saturated heterocycles. The number of halogens is 1. The van der Waals surface area contributed by atoms with Gasteiger partial charge in [0.2, 0.25) is 0 Å². The van der Waals surface area contributed by atoms with Crippen LogP contribution in [0.15, 0.2) is 48.8 Å². The first-order valence-corrected chi connectivity index (χ1v) is 8.08. The van der Waals surface area contributed by atoms with Gasteiger partial charge in [-0.2, -0.15) is 0 Å². The summed E-state index contributed by atoms with van der Waals surface area (Å²) < 4.78 is 1.55. The fraction of sp³-hybridized carbons (Fsp3) is 0.176. The van der Waals surface area contributed by atoms with E-state index in [1.54, 1.807) is 10.7 Å². The van der Waals surface area contributed by atoms with E-state index < -0.39 is 0 Å². The number of nitrogens with one attached hydrogen (secondary N) is 2. The minimum Gasteiger partial charge on any atom is -0.331 e. The summed E-state index contributed by atoms with van der Waals surface area (Å²) in [5.74, 6) is 0. The van der Waals surface area contributed by atoms with Gasteiger partial charge in [-0.15, -0.1) is 5.10 Å². The van der Waals surface area contributed by atoms with Crippen LogP contribution in [0, 0.1) is 6.92 Å². The van der Waals surface area contributed by atoms with Crippen molar-refractivity contribution in [2.45, 2.75) is 19.9 Å². The zero-order valence-electron chi connectivity index (χ0n) is 13.8. The Morgan fingerprint density at radius 3 is 2.76 bits per heavy atom. The highest BCUT2D eigenvalue weighted by Gasteiger charge is 2.13. The van der Waals surface area contributed by atoms with Crippen molar-refractivity contribution in [2.24, 2.45) is 0 Å². The molecule has 7 nitrogen and oxygen atoms in total. The molecule has 0 unspecified atom stereocenters. The number of aromatic nitrogens is 4. The van der Waals surface area contributed by atoms with E-state index in [9.17, 15) is 4.79 Å². The van der Waals surface area contributed by atoms with Crippen LogP contribution in [0.25, 0.3) is 5.69 Å². The van der Waals surface area contributed by atoms with Crippen molar-refractivity contribution >= 4 is 23.3 Å². The molecule has 0 aliphatic carbocycles. The number of rotatable bonds is 4. The van der Waals surface area contributed by atoms with Gasteiger partial charge in [-0.3, -0.25) is 0 Å². The summed E-state index contributed by atoms with van der Waals surface area (Å²) in [5.41, 5.74) is 3.28. The van der Waals surface area contributed by atoms with Crippen LogP contribution < -0.4 is 10.6 Å². The summed E-state index contributed by atoms with van der Waals surface area (Å²) in [6.45, 7) is 3.82. The second-order valence-electron chi connectivity index (χ2n) is 5.60. The minimum absolute atomic E-state index is 0.224. The zero-order chi connectivity index (χ0) is 17.8. The van der Waals surface area contributed by atoms with Crippen LogP contribution in [0.4, 0.5) is 10.5 Å². The van der Waals surface area contributed by atoms with E-state index >= 15 is 0 Å². The number of nitrogens with zero attached hydrogens (tertiary/aromatic N) is 4. The first-order valence-electron chi connectivity index (χ1n) is 7.70. The van der Waals surface area contributed by atoms with Gasteiger partial charge < -0.3 is 10.6 Å². The Bertz CT molecular complexity index is 881. The third-order valence-electron chi connectivity index (χ3n) is 3.78. The Morgan fingerprint density at radius 1 is 1.24 bits per heavy atom. The Labute approximate surface area is 150 Å². The Morgan fingerprint density at radius 2 is 2.04 bits per heavy atom. The molecule has 0 spiro atoms.